The summed E-state index contributed by atoms with van der Waals surface area (Å²) in [5.41, 5.74) is 1.55. The summed E-state index contributed by atoms with van der Waals surface area (Å²) in [5.74, 6) is -5.29. The topological polar surface area (TPSA) is 91.8 Å². The summed E-state index contributed by atoms with van der Waals surface area (Å²) in [6.07, 6.45) is -0.359. The summed E-state index contributed by atoms with van der Waals surface area (Å²) >= 11 is 5.90. The Labute approximate surface area is 184 Å². The van der Waals surface area contributed by atoms with Crippen molar-refractivity contribution >= 4 is 41.0 Å². The molecule has 8 heteroatoms. The van der Waals surface area contributed by atoms with Crippen molar-refractivity contribution in [2.75, 3.05) is 14.1 Å². The van der Waals surface area contributed by atoms with Crippen LogP contribution in [-0.2, 0) is 9.59 Å². The normalized spacial score (nSPS) is 15.9. The molecule has 1 aliphatic rings. The number of carbonyl (C=O) groups is 5. The van der Waals surface area contributed by atoms with E-state index in [0.29, 0.717) is 10.6 Å². The number of aryl methyl sites for hydroxylation is 1. The minimum Gasteiger partial charge on any atom is -0.294 e. The Kier molecular flexibility index (Phi) is 6.36. The molecule has 0 saturated carbocycles. The average Bonchev–Trinajstić information content (AvgIpc) is 2.76. The highest BCUT2D eigenvalue weighted by molar-refractivity contribution is 6.30. The number of urea groups is 1. The Hall–Kier alpha value is -3.32. The van der Waals surface area contributed by atoms with Gasteiger partial charge in [-0.05, 0) is 31.2 Å². The maximum atomic E-state index is 13.3. The van der Waals surface area contributed by atoms with E-state index in [4.69, 9.17) is 11.6 Å². The molecule has 0 bridgehead atoms. The van der Waals surface area contributed by atoms with Gasteiger partial charge in [-0.3, -0.25) is 29.0 Å². The molecular formula is C23H21ClN2O5. The van der Waals surface area contributed by atoms with Crippen LogP contribution >= 0.6 is 11.6 Å². The molecule has 1 saturated heterocycles. The van der Waals surface area contributed by atoms with Crippen LogP contribution < -0.4 is 0 Å². The molecule has 3 rings (SSSR count). The summed E-state index contributed by atoms with van der Waals surface area (Å²) < 4.78 is 0. The van der Waals surface area contributed by atoms with Crippen LogP contribution in [0.25, 0.3) is 0 Å². The maximum Gasteiger partial charge on any atom is 0.332 e. The third-order valence-corrected chi connectivity index (χ3v) is 5.67. The van der Waals surface area contributed by atoms with Crippen molar-refractivity contribution in [3.63, 3.8) is 0 Å². The van der Waals surface area contributed by atoms with Gasteiger partial charge in [0.05, 0.1) is 5.92 Å². The van der Waals surface area contributed by atoms with E-state index in [1.165, 1.54) is 38.4 Å². The van der Waals surface area contributed by atoms with Crippen molar-refractivity contribution in [1.29, 1.82) is 0 Å². The predicted octanol–water partition coefficient (Wildman–Crippen LogP) is 3.39. The fourth-order valence-corrected chi connectivity index (χ4v) is 3.65. The van der Waals surface area contributed by atoms with Gasteiger partial charge in [0.2, 0.25) is 11.8 Å². The van der Waals surface area contributed by atoms with Crippen LogP contribution in [0.5, 0.6) is 0 Å². The van der Waals surface area contributed by atoms with Gasteiger partial charge in [0.15, 0.2) is 11.6 Å². The SMILES string of the molecule is Cc1ccc(C(=O)CC(C(=O)c2ccc(Cl)cc2)C2C(=O)N(C)C(=O)N(C)C2=O)cc1. The maximum absolute atomic E-state index is 13.3. The van der Waals surface area contributed by atoms with E-state index in [-0.39, 0.29) is 17.8 Å². The Morgan fingerprint density at radius 3 is 1.87 bits per heavy atom. The van der Waals surface area contributed by atoms with Crippen LogP contribution in [-0.4, -0.2) is 53.3 Å². The Morgan fingerprint density at radius 1 is 0.871 bits per heavy atom. The number of hydrogen-bond acceptors (Lipinski definition) is 5. The number of carbonyl (C=O) groups excluding carboxylic acids is 5. The van der Waals surface area contributed by atoms with Crippen LogP contribution in [0.15, 0.2) is 48.5 Å². The smallest absolute Gasteiger partial charge is 0.294 e. The van der Waals surface area contributed by atoms with E-state index >= 15 is 0 Å². The first-order valence-corrected chi connectivity index (χ1v) is 9.98. The number of nitrogens with zero attached hydrogens (tertiary/aromatic N) is 2. The van der Waals surface area contributed by atoms with E-state index < -0.39 is 35.5 Å². The molecule has 4 amide bonds. The molecule has 1 aliphatic heterocycles. The number of rotatable bonds is 6. The second-order valence-corrected chi connectivity index (χ2v) is 7.96. The minimum absolute atomic E-state index is 0.217. The highest BCUT2D eigenvalue weighted by atomic mass is 35.5. The Balaban J connectivity index is 2.02. The number of barbiturate groups is 1. The third kappa shape index (κ3) is 4.41. The highest BCUT2D eigenvalue weighted by Gasteiger charge is 2.49. The van der Waals surface area contributed by atoms with Crippen LogP contribution in [0.4, 0.5) is 4.79 Å². The van der Waals surface area contributed by atoms with Gasteiger partial charge in [0, 0.05) is 36.7 Å². The third-order valence-electron chi connectivity index (χ3n) is 5.41. The molecule has 7 nitrogen and oxygen atoms in total. The molecule has 0 spiro atoms. The molecule has 0 radical (unpaired) electrons. The van der Waals surface area contributed by atoms with Crippen molar-refractivity contribution in [3.8, 4) is 0 Å². The number of ketones is 2. The largest absolute Gasteiger partial charge is 0.332 e. The molecule has 1 fully saturated rings. The van der Waals surface area contributed by atoms with Crippen LogP contribution in [0, 0.1) is 18.8 Å². The standard InChI is InChI=1S/C23H21ClN2O5/c1-13-4-6-14(7-5-13)18(27)12-17(20(28)15-8-10-16(24)11-9-15)19-21(29)25(2)23(31)26(3)22(19)30/h4-11,17,19H,12H2,1-3H3. The van der Waals surface area contributed by atoms with Gasteiger partial charge in [0.1, 0.15) is 5.92 Å². The quantitative estimate of drug-likeness (QED) is 0.507. The molecular weight excluding hydrogens is 420 g/mol. The molecule has 0 aliphatic carbocycles. The lowest BCUT2D eigenvalue weighted by Gasteiger charge is -2.35. The second-order valence-electron chi connectivity index (χ2n) is 7.53. The first kappa shape index (κ1) is 22.4. The summed E-state index contributed by atoms with van der Waals surface area (Å²) in [4.78, 5) is 65.7. The van der Waals surface area contributed by atoms with Crippen LogP contribution in [0.3, 0.4) is 0 Å². The monoisotopic (exact) mass is 440 g/mol. The van der Waals surface area contributed by atoms with E-state index in [0.717, 1.165) is 15.4 Å². The number of amides is 4. The molecule has 1 atom stereocenters. The van der Waals surface area contributed by atoms with Crippen LogP contribution in [0.2, 0.25) is 5.02 Å². The predicted molar refractivity (Wildman–Crippen MR) is 114 cm³/mol. The fraction of sp³-hybridized carbons (Fsp3) is 0.261. The van der Waals surface area contributed by atoms with Gasteiger partial charge in [-0.1, -0.05) is 41.4 Å². The molecule has 1 heterocycles. The van der Waals surface area contributed by atoms with E-state index in [1.807, 2.05) is 6.92 Å². The lowest BCUT2D eigenvalue weighted by molar-refractivity contribution is -0.149. The minimum atomic E-state index is -1.48. The summed E-state index contributed by atoms with van der Waals surface area (Å²) in [6, 6.07) is 12.0. The van der Waals surface area contributed by atoms with Gasteiger partial charge >= 0.3 is 6.03 Å². The molecule has 2 aromatic carbocycles. The van der Waals surface area contributed by atoms with Gasteiger partial charge in [0.25, 0.3) is 0 Å². The van der Waals surface area contributed by atoms with E-state index in [2.05, 4.69) is 0 Å². The Morgan fingerprint density at radius 2 is 1.35 bits per heavy atom. The molecule has 0 aromatic heterocycles. The highest BCUT2D eigenvalue weighted by Crippen LogP contribution is 2.30. The van der Waals surface area contributed by atoms with Crippen molar-refractivity contribution in [2.24, 2.45) is 11.8 Å². The number of imide groups is 2. The van der Waals surface area contributed by atoms with Gasteiger partial charge in [-0.25, -0.2) is 4.79 Å². The zero-order valence-electron chi connectivity index (χ0n) is 17.3. The summed E-state index contributed by atoms with van der Waals surface area (Å²) in [5, 5.41) is 0.415. The molecule has 0 N–H and O–H groups in total. The van der Waals surface area contributed by atoms with E-state index in [9.17, 15) is 24.0 Å². The van der Waals surface area contributed by atoms with Crippen molar-refractivity contribution in [2.45, 2.75) is 13.3 Å². The van der Waals surface area contributed by atoms with Crippen LogP contribution in [0.1, 0.15) is 32.7 Å². The summed E-state index contributed by atoms with van der Waals surface area (Å²) in [7, 11) is 2.48. The molecule has 1 unspecified atom stereocenters. The molecule has 160 valence electrons. The van der Waals surface area contributed by atoms with Crippen molar-refractivity contribution < 1.29 is 24.0 Å². The number of Topliss-reactive ketones (excluding diaryl/α,β-unsaturated/α-hetero) is 2. The zero-order chi connectivity index (χ0) is 22.9. The summed E-state index contributed by atoms with van der Waals surface area (Å²) in [6.45, 7) is 1.88. The lowest BCUT2D eigenvalue weighted by Crippen LogP contribution is -2.59. The number of halogens is 1. The lowest BCUT2D eigenvalue weighted by atomic mass is 9.79. The first-order chi connectivity index (χ1) is 14.6. The van der Waals surface area contributed by atoms with Crippen molar-refractivity contribution in [3.05, 3.63) is 70.2 Å². The van der Waals surface area contributed by atoms with Gasteiger partial charge in [-0.2, -0.15) is 0 Å². The number of benzene rings is 2. The second kappa shape index (κ2) is 8.81. The first-order valence-electron chi connectivity index (χ1n) is 9.60. The fourth-order valence-electron chi connectivity index (χ4n) is 3.53. The van der Waals surface area contributed by atoms with Crippen molar-refractivity contribution in [1.82, 2.24) is 9.80 Å². The van der Waals surface area contributed by atoms with Gasteiger partial charge in [-0.15, -0.1) is 0 Å². The van der Waals surface area contributed by atoms with Gasteiger partial charge < -0.3 is 0 Å². The average molecular weight is 441 g/mol. The number of hydrogen-bond donors (Lipinski definition) is 0. The molecule has 31 heavy (non-hydrogen) atoms. The zero-order valence-corrected chi connectivity index (χ0v) is 18.1. The molecule has 2 aromatic rings. The van der Waals surface area contributed by atoms with E-state index in [1.54, 1.807) is 24.3 Å². The Bertz CT molecular complexity index is 1040.